The lowest BCUT2D eigenvalue weighted by molar-refractivity contribution is 0.0514. The lowest BCUT2D eigenvalue weighted by Gasteiger charge is -2.43. The monoisotopic (exact) mass is 455 g/mol. The summed E-state index contributed by atoms with van der Waals surface area (Å²) in [6.07, 6.45) is 7.48. The molecule has 1 saturated carbocycles. The van der Waals surface area contributed by atoms with Crippen molar-refractivity contribution in [1.82, 2.24) is 9.80 Å². The fourth-order valence-electron chi connectivity index (χ4n) is 5.32. The van der Waals surface area contributed by atoms with Crippen LogP contribution in [-0.4, -0.2) is 60.1 Å². The highest BCUT2D eigenvalue weighted by atomic mass is 32.1. The number of aliphatic hydroxyl groups excluding tert-OH is 1. The van der Waals surface area contributed by atoms with E-state index >= 15 is 0 Å². The highest BCUT2D eigenvalue weighted by Crippen LogP contribution is 2.44. The summed E-state index contributed by atoms with van der Waals surface area (Å²) < 4.78 is 0. The molecule has 1 amide bonds. The average molecular weight is 456 g/mol. The van der Waals surface area contributed by atoms with E-state index in [2.05, 4.69) is 28.1 Å². The Balaban J connectivity index is 1.61. The zero-order chi connectivity index (χ0) is 22.3. The first kappa shape index (κ1) is 23.4. The minimum atomic E-state index is -0.0217. The van der Waals surface area contributed by atoms with Gasteiger partial charge in [-0.05, 0) is 43.4 Å². The van der Waals surface area contributed by atoms with E-state index in [1.54, 1.807) is 11.3 Å². The Morgan fingerprint density at radius 2 is 1.84 bits per heavy atom. The van der Waals surface area contributed by atoms with Crippen LogP contribution in [0.15, 0.2) is 36.4 Å². The van der Waals surface area contributed by atoms with Crippen molar-refractivity contribution in [2.24, 2.45) is 5.92 Å². The zero-order valence-electron chi connectivity index (χ0n) is 19.3. The third-order valence-electron chi connectivity index (χ3n) is 7.05. The SMILES string of the molecule is CCc1cc(C(C2CCCCC2)N2CCN(CCO)CC2)c(NC(=O)c2ccccc2)s1. The van der Waals surface area contributed by atoms with Gasteiger partial charge in [-0.15, -0.1) is 11.3 Å². The molecule has 0 bridgehead atoms. The number of benzene rings is 1. The maximum Gasteiger partial charge on any atom is 0.256 e. The molecule has 1 unspecified atom stereocenters. The standard InChI is InChI=1S/C26H37N3O2S/c1-2-22-19-23(26(32-22)27-25(31)21-11-7-4-8-12-21)24(20-9-5-3-6-10-20)29-15-13-28(14-16-29)17-18-30/h4,7-8,11-12,19-20,24,30H,2-3,5-6,9-10,13-18H2,1H3,(H,27,31). The molecule has 1 aliphatic heterocycles. The second kappa shape index (κ2) is 11.4. The Labute approximate surface area is 196 Å². The average Bonchev–Trinajstić information content (AvgIpc) is 3.24. The fraction of sp³-hybridized carbons (Fsp3) is 0.577. The van der Waals surface area contributed by atoms with Gasteiger partial charge < -0.3 is 10.4 Å². The van der Waals surface area contributed by atoms with Crippen LogP contribution in [0.2, 0.25) is 0 Å². The number of β-amino-alcohol motifs (C(OH)–C–C–N with tert-alkyl or cyclic N) is 1. The van der Waals surface area contributed by atoms with Crippen molar-refractivity contribution >= 4 is 22.2 Å². The van der Waals surface area contributed by atoms with Gasteiger partial charge in [-0.1, -0.05) is 44.4 Å². The molecule has 1 aromatic carbocycles. The first-order valence-electron chi connectivity index (χ1n) is 12.3. The number of carbonyl (C=O) groups is 1. The molecule has 32 heavy (non-hydrogen) atoms. The Kier molecular flexibility index (Phi) is 8.36. The fourth-order valence-corrected chi connectivity index (χ4v) is 6.35. The number of hydrogen-bond acceptors (Lipinski definition) is 5. The number of aliphatic hydroxyl groups is 1. The molecule has 2 N–H and O–H groups in total. The van der Waals surface area contributed by atoms with Crippen molar-refractivity contribution in [2.75, 3.05) is 44.6 Å². The third kappa shape index (κ3) is 5.60. The molecule has 0 radical (unpaired) electrons. The van der Waals surface area contributed by atoms with Crippen LogP contribution in [0.5, 0.6) is 0 Å². The molecular formula is C26H37N3O2S. The first-order chi connectivity index (χ1) is 15.7. The second-order valence-electron chi connectivity index (χ2n) is 9.12. The summed E-state index contributed by atoms with van der Waals surface area (Å²) in [5, 5.41) is 13.6. The Bertz CT molecular complexity index is 855. The number of nitrogens with one attached hydrogen (secondary N) is 1. The maximum atomic E-state index is 13.0. The van der Waals surface area contributed by atoms with Crippen LogP contribution in [0, 0.1) is 5.92 Å². The molecular weight excluding hydrogens is 418 g/mol. The third-order valence-corrected chi connectivity index (χ3v) is 8.27. The number of nitrogens with zero attached hydrogens (tertiary/aromatic N) is 2. The topological polar surface area (TPSA) is 55.8 Å². The van der Waals surface area contributed by atoms with Gasteiger partial charge in [-0.25, -0.2) is 0 Å². The summed E-state index contributed by atoms with van der Waals surface area (Å²) in [5.74, 6) is 0.617. The number of anilines is 1. The van der Waals surface area contributed by atoms with Crippen LogP contribution in [-0.2, 0) is 6.42 Å². The molecule has 174 valence electrons. The van der Waals surface area contributed by atoms with Crippen LogP contribution in [0.1, 0.15) is 65.9 Å². The minimum absolute atomic E-state index is 0.0217. The van der Waals surface area contributed by atoms with Crippen molar-refractivity contribution in [3.8, 4) is 0 Å². The van der Waals surface area contributed by atoms with E-state index < -0.39 is 0 Å². The molecule has 2 aromatic rings. The number of hydrogen-bond donors (Lipinski definition) is 2. The smallest absolute Gasteiger partial charge is 0.256 e. The van der Waals surface area contributed by atoms with Gasteiger partial charge in [0.1, 0.15) is 5.00 Å². The Morgan fingerprint density at radius 3 is 2.50 bits per heavy atom. The van der Waals surface area contributed by atoms with E-state index in [1.807, 2.05) is 30.3 Å². The summed E-state index contributed by atoms with van der Waals surface area (Å²) >= 11 is 1.75. The first-order valence-corrected chi connectivity index (χ1v) is 13.1. The molecule has 2 heterocycles. The number of amides is 1. The molecule has 1 saturated heterocycles. The quantitative estimate of drug-likeness (QED) is 0.601. The second-order valence-corrected chi connectivity index (χ2v) is 10.3. The molecule has 1 atom stereocenters. The number of thiophene rings is 1. The largest absolute Gasteiger partial charge is 0.395 e. The maximum absolute atomic E-state index is 13.0. The van der Waals surface area contributed by atoms with E-state index in [4.69, 9.17) is 0 Å². The molecule has 2 fully saturated rings. The highest BCUT2D eigenvalue weighted by Gasteiger charge is 2.34. The summed E-state index contributed by atoms with van der Waals surface area (Å²) in [6.45, 7) is 7.22. The summed E-state index contributed by atoms with van der Waals surface area (Å²) in [5.41, 5.74) is 2.02. The molecule has 4 rings (SSSR count). The number of carbonyl (C=O) groups excluding carboxylic acids is 1. The number of piperazine rings is 1. The van der Waals surface area contributed by atoms with Gasteiger partial charge in [0, 0.05) is 54.8 Å². The zero-order valence-corrected chi connectivity index (χ0v) is 20.1. The van der Waals surface area contributed by atoms with E-state index in [0.717, 1.165) is 44.1 Å². The van der Waals surface area contributed by atoms with Crippen molar-refractivity contribution in [1.29, 1.82) is 0 Å². The molecule has 1 aromatic heterocycles. The minimum Gasteiger partial charge on any atom is -0.395 e. The summed E-state index contributed by atoms with van der Waals surface area (Å²) in [7, 11) is 0. The van der Waals surface area contributed by atoms with Gasteiger partial charge >= 0.3 is 0 Å². The van der Waals surface area contributed by atoms with E-state index in [0.29, 0.717) is 17.5 Å². The van der Waals surface area contributed by atoms with Gasteiger partial charge in [-0.3, -0.25) is 14.6 Å². The normalized spacial score (nSPS) is 19.7. The molecule has 6 heteroatoms. The van der Waals surface area contributed by atoms with E-state index in [9.17, 15) is 9.90 Å². The molecule has 5 nitrogen and oxygen atoms in total. The van der Waals surface area contributed by atoms with Crippen molar-refractivity contribution in [2.45, 2.75) is 51.5 Å². The number of rotatable bonds is 8. The lowest BCUT2D eigenvalue weighted by atomic mass is 9.80. The van der Waals surface area contributed by atoms with Crippen molar-refractivity contribution in [3.05, 3.63) is 52.4 Å². The molecule has 2 aliphatic rings. The summed E-state index contributed by atoms with van der Waals surface area (Å²) in [4.78, 5) is 19.4. The van der Waals surface area contributed by atoms with Crippen LogP contribution >= 0.6 is 11.3 Å². The van der Waals surface area contributed by atoms with Gasteiger partial charge in [-0.2, -0.15) is 0 Å². The molecule has 0 spiro atoms. The Hall–Kier alpha value is -1.73. The van der Waals surface area contributed by atoms with Crippen LogP contribution in [0.4, 0.5) is 5.00 Å². The van der Waals surface area contributed by atoms with Gasteiger partial charge in [0.15, 0.2) is 0 Å². The van der Waals surface area contributed by atoms with Crippen LogP contribution in [0.3, 0.4) is 0 Å². The molecule has 1 aliphatic carbocycles. The highest BCUT2D eigenvalue weighted by molar-refractivity contribution is 7.16. The summed E-state index contributed by atoms with van der Waals surface area (Å²) in [6, 6.07) is 12.2. The van der Waals surface area contributed by atoms with Crippen molar-refractivity contribution < 1.29 is 9.90 Å². The van der Waals surface area contributed by atoms with E-state index in [-0.39, 0.29) is 12.5 Å². The predicted octanol–water partition coefficient (Wildman–Crippen LogP) is 4.79. The van der Waals surface area contributed by atoms with Crippen LogP contribution in [0.25, 0.3) is 0 Å². The van der Waals surface area contributed by atoms with Crippen LogP contribution < -0.4 is 5.32 Å². The lowest BCUT2D eigenvalue weighted by Crippen LogP contribution is -2.49. The Morgan fingerprint density at radius 1 is 1.12 bits per heavy atom. The van der Waals surface area contributed by atoms with Gasteiger partial charge in [0.25, 0.3) is 5.91 Å². The van der Waals surface area contributed by atoms with Gasteiger partial charge in [0.2, 0.25) is 0 Å². The van der Waals surface area contributed by atoms with Gasteiger partial charge in [0.05, 0.1) is 6.61 Å². The number of aryl methyl sites for hydroxylation is 1. The van der Waals surface area contributed by atoms with E-state index in [1.165, 1.54) is 42.5 Å². The predicted molar refractivity (Wildman–Crippen MR) is 133 cm³/mol. The van der Waals surface area contributed by atoms with Crippen molar-refractivity contribution in [3.63, 3.8) is 0 Å².